The van der Waals surface area contributed by atoms with E-state index in [1.165, 1.54) is 0 Å². The summed E-state index contributed by atoms with van der Waals surface area (Å²) < 4.78 is 12.5. The van der Waals surface area contributed by atoms with Crippen LogP contribution >= 0.6 is 0 Å². The van der Waals surface area contributed by atoms with Gasteiger partial charge in [-0.1, -0.05) is 81.4 Å². The molecule has 0 aliphatic carbocycles. The SMILES string of the molecule is CC(C)(C)[Si](C)(C)OCCC[C@@H](O)[C@H]1[C@@H](OCc2ccccc2)CC(=O)N1Cc1ccccc1. The number of ether oxygens (including phenoxy) is 1. The Morgan fingerprint density at radius 1 is 1.03 bits per heavy atom. The minimum Gasteiger partial charge on any atom is -0.417 e. The third-order valence-electron chi connectivity index (χ3n) is 7.25. The van der Waals surface area contributed by atoms with E-state index in [4.69, 9.17) is 9.16 Å². The standard InChI is InChI=1S/C28H41NO4Si/c1-28(2,3)34(4,5)33-18-12-17-24(30)27-25(32-21-23-15-10-7-11-16-23)19-26(31)29(27)20-22-13-8-6-9-14-22/h6-11,13-16,24-25,27,30H,12,17-21H2,1-5H3/t24-,25+,27+/m1/s1. The van der Waals surface area contributed by atoms with E-state index in [0.717, 1.165) is 17.5 Å². The van der Waals surface area contributed by atoms with E-state index >= 15 is 0 Å². The van der Waals surface area contributed by atoms with Crippen LogP contribution in [0.2, 0.25) is 18.1 Å². The minimum absolute atomic E-state index is 0.0310. The number of aliphatic hydroxyl groups is 1. The van der Waals surface area contributed by atoms with Gasteiger partial charge in [0.25, 0.3) is 0 Å². The fraction of sp³-hybridized carbons (Fsp3) is 0.536. The summed E-state index contributed by atoms with van der Waals surface area (Å²) in [5.41, 5.74) is 2.12. The molecule has 3 rings (SSSR count). The molecule has 0 unspecified atom stereocenters. The van der Waals surface area contributed by atoms with Crippen molar-refractivity contribution in [3.63, 3.8) is 0 Å². The molecule has 0 spiro atoms. The number of nitrogens with zero attached hydrogens (tertiary/aromatic N) is 1. The molecule has 1 heterocycles. The lowest BCUT2D eigenvalue weighted by Gasteiger charge is -2.36. The largest absolute Gasteiger partial charge is 0.417 e. The monoisotopic (exact) mass is 483 g/mol. The number of hydrogen-bond donors (Lipinski definition) is 1. The molecule has 0 aromatic heterocycles. The number of aliphatic hydroxyl groups excluding tert-OH is 1. The van der Waals surface area contributed by atoms with Crippen LogP contribution in [0, 0.1) is 0 Å². The van der Waals surface area contributed by atoms with Crippen molar-refractivity contribution in [3.8, 4) is 0 Å². The summed E-state index contributed by atoms with van der Waals surface area (Å²) in [5.74, 6) is 0.0310. The third-order valence-corrected chi connectivity index (χ3v) is 11.8. The predicted molar refractivity (Wildman–Crippen MR) is 139 cm³/mol. The van der Waals surface area contributed by atoms with Gasteiger partial charge in [0.05, 0.1) is 31.3 Å². The first-order valence-electron chi connectivity index (χ1n) is 12.4. The lowest BCUT2D eigenvalue weighted by Crippen LogP contribution is -2.46. The predicted octanol–water partition coefficient (Wildman–Crippen LogP) is 5.54. The first kappa shape index (κ1) is 26.6. The molecule has 5 nitrogen and oxygen atoms in total. The van der Waals surface area contributed by atoms with Gasteiger partial charge in [-0.2, -0.15) is 0 Å². The van der Waals surface area contributed by atoms with Gasteiger partial charge >= 0.3 is 0 Å². The van der Waals surface area contributed by atoms with E-state index < -0.39 is 14.4 Å². The van der Waals surface area contributed by atoms with Crippen LogP contribution in [-0.4, -0.2) is 49.1 Å². The molecule has 0 saturated carbocycles. The van der Waals surface area contributed by atoms with Crippen LogP contribution in [0.5, 0.6) is 0 Å². The molecule has 1 saturated heterocycles. The van der Waals surface area contributed by atoms with Crippen LogP contribution in [-0.2, 0) is 27.1 Å². The molecule has 2 aromatic rings. The fourth-order valence-electron chi connectivity index (χ4n) is 4.15. The number of carbonyl (C=O) groups is 1. The van der Waals surface area contributed by atoms with Crippen molar-refractivity contribution >= 4 is 14.2 Å². The van der Waals surface area contributed by atoms with Crippen LogP contribution in [0.1, 0.15) is 51.2 Å². The molecule has 1 fully saturated rings. The van der Waals surface area contributed by atoms with E-state index in [1.54, 1.807) is 0 Å². The highest BCUT2D eigenvalue weighted by Gasteiger charge is 2.44. The highest BCUT2D eigenvalue weighted by atomic mass is 28.4. The maximum Gasteiger partial charge on any atom is 0.226 e. The Balaban J connectivity index is 1.66. The maximum atomic E-state index is 13.0. The number of likely N-dealkylation sites (tertiary alicyclic amines) is 1. The zero-order valence-corrected chi connectivity index (χ0v) is 22.4. The Labute approximate surface area is 206 Å². The average Bonchev–Trinajstić information content (AvgIpc) is 3.11. The molecule has 186 valence electrons. The van der Waals surface area contributed by atoms with Crippen LogP contribution in [0.3, 0.4) is 0 Å². The van der Waals surface area contributed by atoms with Crippen molar-refractivity contribution in [2.24, 2.45) is 0 Å². The van der Waals surface area contributed by atoms with Crippen molar-refractivity contribution in [2.75, 3.05) is 6.61 Å². The number of carbonyl (C=O) groups excluding carboxylic acids is 1. The molecular weight excluding hydrogens is 442 g/mol. The third kappa shape index (κ3) is 7.01. The summed E-state index contributed by atoms with van der Waals surface area (Å²) in [7, 11) is -1.82. The van der Waals surface area contributed by atoms with Crippen molar-refractivity contribution in [1.29, 1.82) is 0 Å². The normalized spacial score (nSPS) is 20.1. The summed E-state index contributed by atoms with van der Waals surface area (Å²) in [6.45, 7) is 12.7. The Hall–Kier alpha value is -1.99. The molecule has 2 aromatic carbocycles. The summed E-state index contributed by atoms with van der Waals surface area (Å²) in [5, 5.41) is 11.4. The van der Waals surface area contributed by atoms with Crippen molar-refractivity contribution in [1.82, 2.24) is 4.90 Å². The summed E-state index contributed by atoms with van der Waals surface area (Å²) in [4.78, 5) is 14.8. The van der Waals surface area contributed by atoms with Gasteiger partial charge < -0.3 is 19.2 Å². The molecular formula is C28H41NO4Si. The van der Waals surface area contributed by atoms with Crippen molar-refractivity contribution in [2.45, 2.75) is 89.6 Å². The lowest BCUT2D eigenvalue weighted by atomic mass is 10.0. The molecule has 1 aliphatic heterocycles. The number of rotatable bonds is 11. The number of amides is 1. The summed E-state index contributed by atoms with van der Waals surface area (Å²) >= 11 is 0. The van der Waals surface area contributed by atoms with Crippen LogP contribution in [0.15, 0.2) is 60.7 Å². The van der Waals surface area contributed by atoms with E-state index in [0.29, 0.717) is 32.6 Å². The molecule has 1 N–H and O–H groups in total. The Morgan fingerprint density at radius 2 is 1.62 bits per heavy atom. The van der Waals surface area contributed by atoms with E-state index in [1.807, 2.05) is 65.6 Å². The van der Waals surface area contributed by atoms with Crippen molar-refractivity contribution < 1.29 is 19.1 Å². The lowest BCUT2D eigenvalue weighted by molar-refractivity contribution is -0.131. The van der Waals surface area contributed by atoms with Crippen LogP contribution in [0.4, 0.5) is 0 Å². The van der Waals surface area contributed by atoms with Crippen molar-refractivity contribution in [3.05, 3.63) is 71.8 Å². The molecule has 3 atom stereocenters. The summed E-state index contributed by atoms with van der Waals surface area (Å²) in [6, 6.07) is 19.5. The van der Waals surface area contributed by atoms with Gasteiger partial charge in [-0.05, 0) is 42.1 Å². The highest BCUT2D eigenvalue weighted by Crippen LogP contribution is 2.36. The Morgan fingerprint density at radius 3 is 2.21 bits per heavy atom. The quantitative estimate of drug-likeness (QED) is 0.337. The zero-order valence-electron chi connectivity index (χ0n) is 21.4. The van der Waals surface area contributed by atoms with E-state index in [2.05, 4.69) is 33.9 Å². The first-order valence-corrected chi connectivity index (χ1v) is 15.3. The van der Waals surface area contributed by atoms with Gasteiger partial charge in [0.2, 0.25) is 5.91 Å². The topological polar surface area (TPSA) is 59.0 Å². The van der Waals surface area contributed by atoms with Gasteiger partial charge in [0.15, 0.2) is 8.32 Å². The zero-order chi connectivity index (χ0) is 24.8. The Bertz CT molecular complexity index is 898. The van der Waals surface area contributed by atoms with Gasteiger partial charge in [-0.25, -0.2) is 0 Å². The minimum atomic E-state index is -1.82. The Kier molecular flexibility index (Phi) is 9.10. The second-order valence-corrected chi connectivity index (χ2v) is 15.7. The smallest absolute Gasteiger partial charge is 0.226 e. The maximum absolute atomic E-state index is 13.0. The average molecular weight is 484 g/mol. The van der Waals surface area contributed by atoms with E-state index in [-0.39, 0.29) is 23.1 Å². The number of benzene rings is 2. The molecule has 6 heteroatoms. The van der Waals surface area contributed by atoms with Gasteiger partial charge in [-0.3, -0.25) is 4.79 Å². The van der Waals surface area contributed by atoms with Gasteiger partial charge in [0.1, 0.15) is 0 Å². The second-order valence-electron chi connectivity index (χ2n) is 10.9. The molecule has 0 bridgehead atoms. The highest BCUT2D eigenvalue weighted by molar-refractivity contribution is 6.74. The summed E-state index contributed by atoms with van der Waals surface area (Å²) in [6.07, 6.45) is 0.611. The van der Waals surface area contributed by atoms with Crippen LogP contribution in [0.25, 0.3) is 0 Å². The van der Waals surface area contributed by atoms with E-state index in [9.17, 15) is 9.90 Å². The van der Waals surface area contributed by atoms with Gasteiger partial charge in [0, 0.05) is 13.2 Å². The number of hydrogen-bond acceptors (Lipinski definition) is 4. The fourth-order valence-corrected chi connectivity index (χ4v) is 5.24. The molecule has 0 radical (unpaired) electrons. The molecule has 1 amide bonds. The van der Waals surface area contributed by atoms with Gasteiger partial charge in [-0.15, -0.1) is 0 Å². The second kappa shape index (κ2) is 11.6. The molecule has 1 aliphatic rings. The molecule has 34 heavy (non-hydrogen) atoms. The van der Waals surface area contributed by atoms with Crippen LogP contribution < -0.4 is 0 Å². The first-order chi connectivity index (χ1) is 16.1.